The predicted molar refractivity (Wildman–Crippen MR) is 195 cm³/mol. The van der Waals surface area contributed by atoms with Gasteiger partial charge in [-0.3, -0.25) is 4.79 Å². The van der Waals surface area contributed by atoms with E-state index in [1.165, 1.54) is 17.7 Å². The van der Waals surface area contributed by atoms with Crippen molar-refractivity contribution in [2.24, 2.45) is 11.8 Å². The molecule has 2 fully saturated rings. The number of ether oxygens (including phenoxy) is 2. The molecule has 5 N–H and O–H groups in total. The summed E-state index contributed by atoms with van der Waals surface area (Å²) < 4.78 is 11.7. The predicted octanol–water partition coefficient (Wildman–Crippen LogP) is 5.32. The number of fused-ring (bicyclic) bond motifs is 1. The molecule has 1 aliphatic heterocycles. The van der Waals surface area contributed by atoms with Crippen LogP contribution in [0.2, 0.25) is 0 Å². The number of nitrogens with zero attached hydrogens (tertiary/aromatic N) is 1. The maximum atomic E-state index is 13.4. The molecular weight excluding hydrogens is 634 g/mol. The molecule has 3 aromatic rings. The molecule has 1 aliphatic carbocycles. The molecule has 2 aliphatic rings. The summed E-state index contributed by atoms with van der Waals surface area (Å²) in [5.74, 6) is -0.308. The van der Waals surface area contributed by atoms with Crippen molar-refractivity contribution < 1.29 is 29.6 Å². The normalized spacial score (nSPS) is 18.6. The molecule has 0 radical (unpaired) electrons. The number of H-pyrrole nitrogens is 1. The Hall–Kier alpha value is -3.54. The van der Waals surface area contributed by atoms with Gasteiger partial charge in [-0.1, -0.05) is 67.3 Å². The van der Waals surface area contributed by atoms with E-state index in [4.69, 9.17) is 9.47 Å². The number of esters is 1. The van der Waals surface area contributed by atoms with Gasteiger partial charge < -0.3 is 40.0 Å². The molecule has 50 heavy (non-hydrogen) atoms. The highest BCUT2D eigenvalue weighted by molar-refractivity contribution is 5.87. The molecule has 0 amide bonds. The molecule has 10 nitrogen and oxygen atoms in total. The maximum Gasteiger partial charge on any atom is 0.343 e. The van der Waals surface area contributed by atoms with E-state index in [2.05, 4.69) is 28.2 Å². The first-order valence-corrected chi connectivity index (χ1v) is 18.4. The van der Waals surface area contributed by atoms with Crippen LogP contribution in [0.3, 0.4) is 0 Å². The number of nitrogens with one attached hydrogen (secondary N) is 2. The van der Waals surface area contributed by atoms with Gasteiger partial charge in [0.1, 0.15) is 5.75 Å². The number of rotatable bonds is 17. The lowest BCUT2D eigenvalue weighted by molar-refractivity contribution is -0.177. The Morgan fingerprint density at radius 3 is 2.58 bits per heavy atom. The number of aliphatic hydroxyl groups is 2. The monoisotopic (exact) mass is 689 g/mol. The minimum Gasteiger partial charge on any atom is -0.506 e. The maximum absolute atomic E-state index is 13.4. The van der Waals surface area contributed by atoms with E-state index in [-0.39, 0.29) is 17.2 Å². The van der Waals surface area contributed by atoms with Gasteiger partial charge >= 0.3 is 5.97 Å². The molecule has 2 atom stereocenters. The fraction of sp³-hybridized carbons (Fsp3) is 0.550. The largest absolute Gasteiger partial charge is 0.506 e. The van der Waals surface area contributed by atoms with Crippen molar-refractivity contribution in [3.8, 4) is 5.75 Å². The molecule has 1 saturated carbocycles. The standard InChI is InChI=1S/C40H55N3O7/c1-29(27-49-25-9-21-41-26-36(45)33-15-17-35(44)38-34(33)16-18-37(46)42-38)10-8-22-43-23-19-30(20-24-43)28-50-39(47)40(48,31-11-4-2-5-12-31)32-13-6-3-7-14-32/h2,4-5,10-12,15-18,30,32,36,41,44-45,48H,3,6-9,13-14,19-28H2,1H3,(H,42,46)/t36-,40?/m0/s1. The lowest BCUT2D eigenvalue weighted by Crippen LogP contribution is -2.46. The second-order valence-corrected chi connectivity index (χ2v) is 14.1. The van der Waals surface area contributed by atoms with Crippen LogP contribution in [-0.2, 0) is 19.9 Å². The average Bonchev–Trinajstić information content (AvgIpc) is 3.14. The Morgan fingerprint density at radius 2 is 1.82 bits per heavy atom. The van der Waals surface area contributed by atoms with Crippen LogP contribution in [0.1, 0.15) is 81.9 Å². The second-order valence-electron chi connectivity index (χ2n) is 14.1. The van der Waals surface area contributed by atoms with E-state index in [1.54, 1.807) is 12.1 Å². The summed E-state index contributed by atoms with van der Waals surface area (Å²) in [6, 6.07) is 15.5. The minimum absolute atomic E-state index is 0.0241. The number of aliphatic hydroxyl groups excluding tert-OH is 1. The number of aromatic hydroxyl groups is 1. The smallest absolute Gasteiger partial charge is 0.343 e. The van der Waals surface area contributed by atoms with Crippen molar-refractivity contribution in [3.63, 3.8) is 0 Å². The van der Waals surface area contributed by atoms with Crippen LogP contribution >= 0.6 is 0 Å². The van der Waals surface area contributed by atoms with Crippen LogP contribution in [-0.4, -0.2) is 83.7 Å². The zero-order valence-electron chi connectivity index (χ0n) is 29.4. The summed E-state index contributed by atoms with van der Waals surface area (Å²) in [6.45, 7) is 7.62. The van der Waals surface area contributed by atoms with Gasteiger partial charge in [-0.2, -0.15) is 0 Å². The second kappa shape index (κ2) is 18.6. The minimum atomic E-state index is -1.58. The average molecular weight is 690 g/mol. The molecule has 2 heterocycles. The summed E-state index contributed by atoms with van der Waals surface area (Å²) in [5, 5.41) is 36.4. The molecule has 0 spiro atoms. The summed E-state index contributed by atoms with van der Waals surface area (Å²) in [4.78, 5) is 30.1. The highest BCUT2D eigenvalue weighted by Crippen LogP contribution is 2.40. The third kappa shape index (κ3) is 10.0. The third-order valence-corrected chi connectivity index (χ3v) is 10.4. The van der Waals surface area contributed by atoms with Crippen LogP contribution in [0, 0.1) is 11.8 Å². The number of carbonyl (C=O) groups is 1. The highest BCUT2D eigenvalue weighted by Gasteiger charge is 2.47. The summed E-state index contributed by atoms with van der Waals surface area (Å²) in [5.41, 5.74) is 0.942. The number of pyridine rings is 1. The van der Waals surface area contributed by atoms with Gasteiger partial charge in [0, 0.05) is 37.1 Å². The zero-order valence-corrected chi connectivity index (χ0v) is 29.4. The van der Waals surface area contributed by atoms with Gasteiger partial charge in [-0.15, -0.1) is 0 Å². The molecule has 0 bridgehead atoms. The van der Waals surface area contributed by atoms with Crippen molar-refractivity contribution in [2.45, 2.75) is 76.4 Å². The zero-order chi connectivity index (χ0) is 35.3. The Balaban J connectivity index is 0.932. The van der Waals surface area contributed by atoms with Gasteiger partial charge in [-0.25, -0.2) is 4.79 Å². The van der Waals surface area contributed by atoms with Crippen molar-refractivity contribution in [3.05, 3.63) is 87.7 Å². The summed E-state index contributed by atoms with van der Waals surface area (Å²) in [7, 11) is 0. The third-order valence-electron chi connectivity index (χ3n) is 10.4. The summed E-state index contributed by atoms with van der Waals surface area (Å²) >= 11 is 0. The first kappa shape index (κ1) is 37.7. The van der Waals surface area contributed by atoms with Crippen LogP contribution in [0.4, 0.5) is 0 Å². The van der Waals surface area contributed by atoms with Gasteiger partial charge in [0.05, 0.1) is 24.8 Å². The van der Waals surface area contributed by atoms with Crippen molar-refractivity contribution in [2.75, 3.05) is 52.5 Å². The summed E-state index contributed by atoms with van der Waals surface area (Å²) in [6.07, 6.45) is 10.1. The molecular formula is C40H55N3O7. The first-order valence-electron chi connectivity index (χ1n) is 18.4. The van der Waals surface area contributed by atoms with Crippen LogP contribution in [0.15, 0.2) is 71.0 Å². The molecule has 10 heteroatoms. The molecule has 1 saturated heterocycles. The molecule has 1 aromatic heterocycles. The van der Waals surface area contributed by atoms with E-state index >= 15 is 0 Å². The fourth-order valence-corrected chi connectivity index (χ4v) is 7.40. The van der Waals surface area contributed by atoms with E-state index in [0.29, 0.717) is 60.9 Å². The molecule has 1 unspecified atom stereocenters. The SMILES string of the molecule is CC(=CCCN1CCC(COC(=O)C(O)(c2ccccc2)C2CCCCC2)CC1)COCCCNC[C@H](O)c1ccc(O)c2[nH]c(=O)ccc12. The number of phenolic OH excluding ortho intramolecular Hbond substituents is 1. The Bertz CT molecular complexity index is 1600. The van der Waals surface area contributed by atoms with Crippen molar-refractivity contribution in [1.29, 1.82) is 0 Å². The van der Waals surface area contributed by atoms with Crippen LogP contribution in [0.25, 0.3) is 10.9 Å². The highest BCUT2D eigenvalue weighted by atomic mass is 16.5. The van der Waals surface area contributed by atoms with Crippen LogP contribution in [0.5, 0.6) is 5.75 Å². The van der Waals surface area contributed by atoms with E-state index in [1.807, 2.05) is 30.3 Å². The number of piperidine rings is 1. The lowest BCUT2D eigenvalue weighted by Gasteiger charge is -2.37. The van der Waals surface area contributed by atoms with Gasteiger partial charge in [0.25, 0.3) is 0 Å². The van der Waals surface area contributed by atoms with Crippen LogP contribution < -0.4 is 10.9 Å². The molecule has 2 aromatic carbocycles. The van der Waals surface area contributed by atoms with Crippen molar-refractivity contribution >= 4 is 16.9 Å². The van der Waals surface area contributed by atoms with Gasteiger partial charge in [-0.05, 0) is 94.3 Å². The van der Waals surface area contributed by atoms with Gasteiger partial charge in [0.15, 0.2) is 5.60 Å². The number of benzene rings is 2. The Kier molecular flexibility index (Phi) is 14.0. The quantitative estimate of drug-likeness (QED) is 0.0723. The number of aromatic amines is 1. The number of aromatic nitrogens is 1. The topological polar surface area (TPSA) is 144 Å². The van der Waals surface area contributed by atoms with E-state index < -0.39 is 17.7 Å². The number of hydrogen-bond donors (Lipinski definition) is 5. The Morgan fingerprint density at radius 1 is 1.06 bits per heavy atom. The fourth-order valence-electron chi connectivity index (χ4n) is 7.40. The number of likely N-dealkylation sites (tertiary alicyclic amines) is 1. The van der Waals surface area contributed by atoms with Crippen molar-refractivity contribution in [1.82, 2.24) is 15.2 Å². The number of phenols is 1. The molecule has 272 valence electrons. The van der Waals surface area contributed by atoms with E-state index in [9.17, 15) is 24.9 Å². The Labute approximate surface area is 295 Å². The lowest BCUT2D eigenvalue weighted by atomic mass is 9.73. The number of carbonyl (C=O) groups excluding carboxylic acids is 1. The molecule has 5 rings (SSSR count). The first-order chi connectivity index (χ1) is 24.3. The number of hydrogen-bond acceptors (Lipinski definition) is 9. The van der Waals surface area contributed by atoms with Gasteiger partial charge in [0.2, 0.25) is 5.56 Å². The van der Waals surface area contributed by atoms with E-state index in [0.717, 1.165) is 77.4 Å².